The molecule has 2 aromatic heterocycles. The molecule has 2 heterocycles. The average Bonchev–Trinajstić information content (AvgIpc) is 3.03. The Morgan fingerprint density at radius 2 is 2.14 bits per heavy atom. The molecule has 0 spiro atoms. The van der Waals surface area contributed by atoms with Crippen LogP contribution >= 0.6 is 11.3 Å². The number of nitrogens with one attached hydrogen (secondary N) is 2. The van der Waals surface area contributed by atoms with Crippen LogP contribution in [0.5, 0.6) is 0 Å². The lowest BCUT2D eigenvalue weighted by atomic mass is 10.4. The first-order chi connectivity index (χ1) is 9.87. The lowest BCUT2D eigenvalue weighted by Gasteiger charge is -2.05. The third-order valence-corrected chi connectivity index (χ3v) is 5.08. The van der Waals surface area contributed by atoms with Crippen LogP contribution in [0.25, 0.3) is 0 Å². The molecule has 7 nitrogen and oxygen atoms in total. The van der Waals surface area contributed by atoms with Crippen molar-refractivity contribution < 1.29 is 12.9 Å². The maximum atomic E-state index is 12.2. The molecule has 0 aliphatic carbocycles. The van der Waals surface area contributed by atoms with Crippen LogP contribution in [0, 0.1) is 6.92 Å². The van der Waals surface area contributed by atoms with Crippen LogP contribution < -0.4 is 10.0 Å². The van der Waals surface area contributed by atoms with Gasteiger partial charge in [-0.05, 0) is 6.07 Å². The van der Waals surface area contributed by atoms with Gasteiger partial charge in [0.2, 0.25) is 15.9 Å². The van der Waals surface area contributed by atoms with Crippen molar-refractivity contribution in [1.29, 1.82) is 0 Å². The largest absolute Gasteiger partial charge is 0.340 e. The van der Waals surface area contributed by atoms with Crippen molar-refractivity contribution in [2.45, 2.75) is 44.8 Å². The molecular formula is C12H18N4O3S2. The Hall–Kier alpha value is -1.29. The summed E-state index contributed by atoms with van der Waals surface area (Å²) >= 11 is 1.41. The molecule has 116 valence electrons. The molecule has 0 amide bonds. The van der Waals surface area contributed by atoms with Gasteiger partial charge in [0.05, 0.1) is 11.4 Å². The van der Waals surface area contributed by atoms with E-state index >= 15 is 0 Å². The highest BCUT2D eigenvalue weighted by molar-refractivity contribution is 7.89. The van der Waals surface area contributed by atoms with Gasteiger partial charge in [-0.3, -0.25) is 0 Å². The molecule has 0 bridgehead atoms. The van der Waals surface area contributed by atoms with E-state index in [1.165, 1.54) is 11.3 Å². The number of hydrogen-bond acceptors (Lipinski definition) is 7. The molecule has 2 rings (SSSR count). The van der Waals surface area contributed by atoms with Gasteiger partial charge in [0, 0.05) is 29.8 Å². The molecule has 0 radical (unpaired) electrons. The highest BCUT2D eigenvalue weighted by Gasteiger charge is 2.17. The Kier molecular flexibility index (Phi) is 5.09. The summed E-state index contributed by atoms with van der Waals surface area (Å²) < 4.78 is 31.6. The maximum Gasteiger partial charge on any atom is 0.241 e. The van der Waals surface area contributed by atoms with E-state index in [1.54, 1.807) is 18.4 Å². The third kappa shape index (κ3) is 4.60. The zero-order valence-electron chi connectivity index (χ0n) is 12.1. The zero-order chi connectivity index (χ0) is 15.5. The number of nitrogens with zero attached hydrogens (tertiary/aromatic N) is 2. The fraction of sp³-hybridized carbons (Fsp3) is 0.500. The molecule has 0 unspecified atom stereocenters. The fourth-order valence-electron chi connectivity index (χ4n) is 1.55. The number of rotatable bonds is 7. The van der Waals surface area contributed by atoms with Crippen LogP contribution in [0.1, 0.15) is 30.4 Å². The smallest absolute Gasteiger partial charge is 0.241 e. The minimum Gasteiger partial charge on any atom is -0.340 e. The van der Waals surface area contributed by atoms with Gasteiger partial charge in [-0.15, -0.1) is 11.3 Å². The first-order valence-corrected chi connectivity index (χ1v) is 8.83. The SMILES string of the molecule is Cc1nc(CNS(=O)(=O)c2csc(CNC(C)C)c2)no1. The summed E-state index contributed by atoms with van der Waals surface area (Å²) in [7, 11) is -3.56. The Labute approximate surface area is 127 Å². The average molecular weight is 330 g/mol. The number of hydrogen-bond donors (Lipinski definition) is 2. The molecular weight excluding hydrogens is 312 g/mol. The second kappa shape index (κ2) is 6.65. The van der Waals surface area contributed by atoms with Gasteiger partial charge in [-0.2, -0.15) is 4.98 Å². The van der Waals surface area contributed by atoms with Crippen LogP contribution in [0.3, 0.4) is 0 Å². The van der Waals surface area contributed by atoms with Crippen LogP contribution in [0.2, 0.25) is 0 Å². The Morgan fingerprint density at radius 1 is 1.38 bits per heavy atom. The molecule has 0 aromatic carbocycles. The normalized spacial score (nSPS) is 12.2. The van der Waals surface area contributed by atoms with Crippen LogP contribution in [-0.4, -0.2) is 24.6 Å². The summed E-state index contributed by atoms with van der Waals surface area (Å²) in [5, 5.41) is 8.52. The summed E-state index contributed by atoms with van der Waals surface area (Å²) in [6.07, 6.45) is 0. The number of aromatic nitrogens is 2. The van der Waals surface area contributed by atoms with E-state index < -0.39 is 10.0 Å². The van der Waals surface area contributed by atoms with Gasteiger partial charge in [-0.1, -0.05) is 19.0 Å². The number of thiophene rings is 1. The van der Waals surface area contributed by atoms with Gasteiger partial charge < -0.3 is 9.84 Å². The summed E-state index contributed by atoms with van der Waals surface area (Å²) in [5.74, 6) is 0.717. The minimum atomic E-state index is -3.56. The van der Waals surface area contributed by atoms with Crippen molar-refractivity contribution in [2.24, 2.45) is 0 Å². The van der Waals surface area contributed by atoms with Crippen molar-refractivity contribution >= 4 is 21.4 Å². The van der Waals surface area contributed by atoms with E-state index in [0.717, 1.165) is 4.88 Å². The van der Waals surface area contributed by atoms with E-state index in [-0.39, 0.29) is 11.4 Å². The molecule has 0 atom stereocenters. The summed E-state index contributed by atoms with van der Waals surface area (Å²) in [4.78, 5) is 5.18. The highest BCUT2D eigenvalue weighted by Crippen LogP contribution is 2.19. The molecule has 2 aromatic rings. The zero-order valence-corrected chi connectivity index (χ0v) is 13.7. The van der Waals surface area contributed by atoms with Crippen molar-refractivity contribution in [3.8, 4) is 0 Å². The lowest BCUT2D eigenvalue weighted by molar-refractivity contribution is 0.387. The molecule has 0 saturated heterocycles. The standard InChI is InChI=1S/C12H18N4O3S2/c1-8(2)13-5-10-4-11(7-20-10)21(17,18)14-6-12-15-9(3)19-16-12/h4,7-8,13-14H,5-6H2,1-3H3. The Bertz CT molecular complexity index is 691. The first kappa shape index (κ1) is 16.1. The molecule has 9 heteroatoms. The van der Waals surface area contributed by atoms with Crippen LogP contribution in [0.15, 0.2) is 20.9 Å². The second-order valence-electron chi connectivity index (χ2n) is 4.84. The van der Waals surface area contributed by atoms with E-state index in [0.29, 0.717) is 24.3 Å². The monoisotopic (exact) mass is 330 g/mol. The van der Waals surface area contributed by atoms with Crippen molar-refractivity contribution in [3.05, 3.63) is 28.0 Å². The highest BCUT2D eigenvalue weighted by atomic mass is 32.2. The van der Waals surface area contributed by atoms with Crippen molar-refractivity contribution in [1.82, 2.24) is 20.2 Å². The Morgan fingerprint density at radius 3 is 2.76 bits per heavy atom. The molecule has 0 fully saturated rings. The molecule has 2 N–H and O–H groups in total. The van der Waals surface area contributed by atoms with Gasteiger partial charge in [0.25, 0.3) is 0 Å². The van der Waals surface area contributed by atoms with Crippen molar-refractivity contribution in [2.75, 3.05) is 0 Å². The topological polar surface area (TPSA) is 97.1 Å². The van der Waals surface area contributed by atoms with E-state index in [2.05, 4.69) is 20.2 Å². The first-order valence-electron chi connectivity index (χ1n) is 6.46. The van der Waals surface area contributed by atoms with E-state index in [4.69, 9.17) is 4.52 Å². The van der Waals surface area contributed by atoms with Gasteiger partial charge in [0.15, 0.2) is 5.82 Å². The van der Waals surface area contributed by atoms with Crippen LogP contribution in [-0.2, 0) is 23.1 Å². The molecule has 0 aliphatic rings. The molecule has 21 heavy (non-hydrogen) atoms. The predicted octanol–water partition coefficient (Wildman–Crippen LogP) is 1.42. The van der Waals surface area contributed by atoms with E-state index in [1.807, 2.05) is 13.8 Å². The number of sulfonamides is 1. The van der Waals surface area contributed by atoms with Crippen LogP contribution in [0.4, 0.5) is 0 Å². The van der Waals surface area contributed by atoms with E-state index in [9.17, 15) is 8.42 Å². The maximum absolute atomic E-state index is 12.2. The Balaban J connectivity index is 1.99. The fourth-order valence-corrected chi connectivity index (χ4v) is 3.76. The predicted molar refractivity (Wildman–Crippen MR) is 79.4 cm³/mol. The third-order valence-electron chi connectivity index (χ3n) is 2.61. The summed E-state index contributed by atoms with van der Waals surface area (Å²) in [6.45, 7) is 6.40. The van der Waals surface area contributed by atoms with Crippen molar-refractivity contribution in [3.63, 3.8) is 0 Å². The molecule has 0 aliphatic heterocycles. The van der Waals surface area contributed by atoms with Gasteiger partial charge >= 0.3 is 0 Å². The van der Waals surface area contributed by atoms with Gasteiger partial charge in [-0.25, -0.2) is 13.1 Å². The summed E-state index contributed by atoms with van der Waals surface area (Å²) in [5.41, 5.74) is 0. The molecule has 0 saturated carbocycles. The number of aryl methyl sites for hydroxylation is 1. The van der Waals surface area contributed by atoms with Gasteiger partial charge in [0.1, 0.15) is 0 Å². The quantitative estimate of drug-likeness (QED) is 0.797. The second-order valence-corrected chi connectivity index (χ2v) is 7.60. The lowest BCUT2D eigenvalue weighted by Crippen LogP contribution is -2.23. The minimum absolute atomic E-state index is 0.00903. The summed E-state index contributed by atoms with van der Waals surface area (Å²) in [6, 6.07) is 2.02.